The summed E-state index contributed by atoms with van der Waals surface area (Å²) in [4.78, 5) is 80.7. The van der Waals surface area contributed by atoms with E-state index in [1.54, 1.807) is 29.0 Å². The van der Waals surface area contributed by atoms with Crippen LogP contribution in [-0.4, -0.2) is 125 Å². The maximum Gasteiger partial charge on any atom is 0.410 e. The smallest absolute Gasteiger partial charge is 0.410 e. The topological polar surface area (TPSA) is 194 Å². The maximum atomic E-state index is 15.2. The molecule has 65 heavy (non-hydrogen) atoms. The van der Waals surface area contributed by atoms with E-state index >= 15 is 4.79 Å². The van der Waals surface area contributed by atoms with Crippen LogP contribution in [0.4, 0.5) is 4.79 Å². The van der Waals surface area contributed by atoms with Crippen molar-refractivity contribution in [2.24, 2.45) is 17.3 Å². The standard InChI is InChI=1S/C48H60N6O10S/c1-9-29-24-48(29,44(58)51-65(60,61)34-16-17-34)50-42(56)39-21-33(63-40-23-37(28-13-11-10-12-14-28)49-38-20-32(62-8)15-18-35(38)40)27-54(39)43(57)36(46(2,3)4)22-41(55)52-25-31-19-30(52)26-53(31)45(59)64-47(5,6)7/h9-15,18,20,23,29-31,33-34,36,39H,1,16-17,19,21-22,24-27H2,2-8H3,(H,50,56)(H,51,58)/t29-,30?,31?,33-,36-,39+,48-/m1/s1. The Morgan fingerprint density at radius 3 is 2.22 bits per heavy atom. The van der Waals surface area contributed by atoms with E-state index in [9.17, 15) is 27.6 Å². The van der Waals surface area contributed by atoms with Crippen molar-refractivity contribution < 1.29 is 46.6 Å². The van der Waals surface area contributed by atoms with E-state index in [2.05, 4.69) is 16.6 Å². The Morgan fingerprint density at radius 2 is 1.62 bits per heavy atom. The van der Waals surface area contributed by atoms with Gasteiger partial charge in [-0.25, -0.2) is 18.2 Å². The summed E-state index contributed by atoms with van der Waals surface area (Å²) in [6.45, 7) is 15.5. The Labute approximate surface area is 380 Å². The molecule has 2 bridgehead atoms. The zero-order chi connectivity index (χ0) is 46.8. The van der Waals surface area contributed by atoms with E-state index in [1.165, 1.54) is 11.0 Å². The van der Waals surface area contributed by atoms with Crippen molar-refractivity contribution in [3.05, 3.63) is 67.3 Å². The van der Waals surface area contributed by atoms with Gasteiger partial charge in [0.15, 0.2) is 0 Å². The lowest BCUT2D eigenvalue weighted by Gasteiger charge is -2.38. The number of amides is 5. The summed E-state index contributed by atoms with van der Waals surface area (Å²) in [5.74, 6) is -2.52. The van der Waals surface area contributed by atoms with Crippen LogP contribution in [0.15, 0.2) is 67.3 Å². The molecule has 8 rings (SSSR count). The second kappa shape index (κ2) is 16.9. The lowest BCUT2D eigenvalue weighted by Crippen LogP contribution is -2.57. The van der Waals surface area contributed by atoms with Gasteiger partial charge in [0.05, 0.1) is 48.1 Å². The Bertz CT molecular complexity index is 2520. The molecule has 7 atom stereocenters. The third-order valence-corrected chi connectivity index (χ3v) is 15.2. The molecule has 2 aromatic carbocycles. The third-order valence-electron chi connectivity index (χ3n) is 13.4. The minimum atomic E-state index is -3.94. The fourth-order valence-electron chi connectivity index (χ4n) is 9.50. The molecular formula is C48H60N6O10S. The summed E-state index contributed by atoms with van der Waals surface area (Å²) in [6.07, 6.45) is 1.88. The molecule has 0 radical (unpaired) electrons. The van der Waals surface area contributed by atoms with Crippen molar-refractivity contribution in [1.82, 2.24) is 29.7 Å². The number of ether oxygens (including phenoxy) is 3. The Kier molecular flexibility index (Phi) is 11.9. The molecule has 5 aliphatic rings. The molecule has 4 heterocycles. The maximum absolute atomic E-state index is 15.2. The minimum absolute atomic E-state index is 0.0240. The van der Waals surface area contributed by atoms with Gasteiger partial charge in [0.1, 0.15) is 34.8 Å². The summed E-state index contributed by atoms with van der Waals surface area (Å²) in [5, 5.41) is 2.88. The minimum Gasteiger partial charge on any atom is -0.497 e. The van der Waals surface area contributed by atoms with Gasteiger partial charge in [0, 0.05) is 54.9 Å². The van der Waals surface area contributed by atoms with Gasteiger partial charge < -0.3 is 34.2 Å². The molecule has 2 aliphatic carbocycles. The van der Waals surface area contributed by atoms with E-state index in [0.717, 1.165) is 5.56 Å². The number of benzene rings is 2. The van der Waals surface area contributed by atoms with Crippen LogP contribution in [0.5, 0.6) is 11.5 Å². The first kappa shape index (κ1) is 45.8. The number of aromatic nitrogens is 1. The first-order valence-corrected chi connectivity index (χ1v) is 24.0. The van der Waals surface area contributed by atoms with Crippen LogP contribution in [0.2, 0.25) is 0 Å². The van der Waals surface area contributed by atoms with Gasteiger partial charge in [-0.1, -0.05) is 57.2 Å². The largest absolute Gasteiger partial charge is 0.497 e. The van der Waals surface area contributed by atoms with Gasteiger partial charge >= 0.3 is 6.09 Å². The predicted molar refractivity (Wildman–Crippen MR) is 242 cm³/mol. The summed E-state index contributed by atoms with van der Waals surface area (Å²) in [7, 11) is -2.37. The highest BCUT2D eigenvalue weighted by Crippen LogP contribution is 2.46. The number of fused-ring (bicyclic) bond motifs is 3. The van der Waals surface area contributed by atoms with Crippen LogP contribution in [0.25, 0.3) is 22.2 Å². The number of likely N-dealkylation sites (tertiary alicyclic amines) is 3. The summed E-state index contributed by atoms with van der Waals surface area (Å²) < 4.78 is 45.9. The Morgan fingerprint density at radius 1 is 0.923 bits per heavy atom. The number of carbonyl (C=O) groups is 5. The van der Waals surface area contributed by atoms with Gasteiger partial charge in [-0.3, -0.25) is 23.9 Å². The number of carbonyl (C=O) groups excluding carboxylic acids is 5. The molecule has 16 nitrogen and oxygen atoms in total. The van der Waals surface area contributed by atoms with Gasteiger partial charge in [-0.05, 0) is 64.0 Å². The van der Waals surface area contributed by atoms with Crippen LogP contribution in [0, 0.1) is 17.3 Å². The molecule has 2 N–H and O–H groups in total. The normalized spacial score (nSPS) is 25.5. The van der Waals surface area contributed by atoms with Gasteiger partial charge in [0.25, 0.3) is 5.91 Å². The zero-order valence-electron chi connectivity index (χ0n) is 38.2. The quantitative estimate of drug-likeness (QED) is 0.214. The number of nitrogens with one attached hydrogen (secondary N) is 2. The van der Waals surface area contributed by atoms with E-state index in [-0.39, 0.29) is 43.8 Å². The van der Waals surface area contributed by atoms with Crippen LogP contribution in [0.1, 0.15) is 80.1 Å². The van der Waals surface area contributed by atoms with E-state index in [0.29, 0.717) is 60.4 Å². The fourth-order valence-corrected chi connectivity index (χ4v) is 10.9. The second-order valence-corrected chi connectivity index (χ2v) is 22.2. The van der Waals surface area contributed by atoms with Crippen molar-refractivity contribution in [3.8, 4) is 22.8 Å². The number of rotatable bonds is 13. The fraction of sp³-hybridized carbons (Fsp3) is 0.542. The van der Waals surface area contributed by atoms with Crippen molar-refractivity contribution >= 4 is 50.6 Å². The third kappa shape index (κ3) is 9.38. The molecule has 3 aromatic rings. The SMILES string of the molecule is C=C[C@@H]1C[C@]1(NC(=O)[C@@H]1C[C@@H](Oc2cc(-c3ccccc3)nc3cc(OC)ccc23)CN1C(=O)[C@@H](CC(=O)N1CC2CC1CN2C(=O)OC(C)(C)C)C(C)(C)C)C(=O)NS(=O)(=O)C1CC1. The average molecular weight is 913 g/mol. The summed E-state index contributed by atoms with van der Waals surface area (Å²) in [6, 6.07) is 15.3. The van der Waals surface area contributed by atoms with Gasteiger partial charge in [-0.15, -0.1) is 6.58 Å². The van der Waals surface area contributed by atoms with E-state index in [4.69, 9.17) is 19.2 Å². The molecule has 2 unspecified atom stereocenters. The van der Waals surface area contributed by atoms with Crippen molar-refractivity contribution in [2.45, 2.75) is 121 Å². The van der Waals surface area contributed by atoms with Crippen LogP contribution in [0.3, 0.4) is 0 Å². The number of hydrogen-bond donors (Lipinski definition) is 2. The van der Waals surface area contributed by atoms with Gasteiger partial charge in [0.2, 0.25) is 27.7 Å². The molecule has 2 saturated carbocycles. The molecule has 5 fully saturated rings. The first-order chi connectivity index (χ1) is 30.6. The molecule has 0 spiro atoms. The number of methoxy groups -OCH3 is 1. The highest BCUT2D eigenvalue weighted by Gasteiger charge is 2.62. The van der Waals surface area contributed by atoms with Crippen molar-refractivity contribution in [3.63, 3.8) is 0 Å². The number of hydrogen-bond acceptors (Lipinski definition) is 11. The average Bonchev–Trinajstić information content (AvgIpc) is 4.10. The lowest BCUT2D eigenvalue weighted by molar-refractivity contribution is -0.149. The lowest BCUT2D eigenvalue weighted by atomic mass is 9.77. The summed E-state index contributed by atoms with van der Waals surface area (Å²) >= 11 is 0. The van der Waals surface area contributed by atoms with E-state index in [1.807, 2.05) is 84.0 Å². The van der Waals surface area contributed by atoms with Crippen LogP contribution >= 0.6 is 0 Å². The Balaban J connectivity index is 1.08. The molecule has 3 aliphatic heterocycles. The van der Waals surface area contributed by atoms with Crippen LogP contribution < -0.4 is 19.5 Å². The molecule has 17 heteroatoms. The van der Waals surface area contributed by atoms with Crippen molar-refractivity contribution in [1.29, 1.82) is 0 Å². The van der Waals surface area contributed by atoms with Crippen LogP contribution in [-0.2, 0) is 33.9 Å². The molecular weight excluding hydrogens is 853 g/mol. The highest BCUT2D eigenvalue weighted by molar-refractivity contribution is 7.91. The highest BCUT2D eigenvalue weighted by atomic mass is 32.2. The van der Waals surface area contributed by atoms with Crippen molar-refractivity contribution in [2.75, 3.05) is 26.7 Å². The Hall–Kier alpha value is -5.71. The molecule has 5 amide bonds. The summed E-state index contributed by atoms with van der Waals surface area (Å²) in [5.41, 5.74) is -0.906. The monoisotopic (exact) mass is 912 g/mol. The zero-order valence-corrected chi connectivity index (χ0v) is 39.0. The van der Waals surface area contributed by atoms with Gasteiger partial charge in [-0.2, -0.15) is 0 Å². The molecule has 1 aromatic heterocycles. The first-order valence-electron chi connectivity index (χ1n) is 22.4. The number of piperazine rings is 1. The molecule has 3 saturated heterocycles. The number of sulfonamides is 1. The predicted octanol–water partition coefficient (Wildman–Crippen LogP) is 5.20. The number of pyridine rings is 1. The number of nitrogens with zero attached hydrogens (tertiary/aromatic N) is 4. The second-order valence-electron chi connectivity index (χ2n) is 20.3. The molecule has 348 valence electrons. The van der Waals surface area contributed by atoms with E-state index < -0.39 is 79.6 Å².